The quantitative estimate of drug-likeness (QED) is 0.719. The molecule has 21 heavy (non-hydrogen) atoms. The van der Waals surface area contributed by atoms with E-state index < -0.39 is 11.5 Å². The average molecular weight is 300 g/mol. The first-order chi connectivity index (χ1) is 9.74. The Labute approximate surface area is 129 Å². The summed E-state index contributed by atoms with van der Waals surface area (Å²) >= 11 is 0. The highest BCUT2D eigenvalue weighted by molar-refractivity contribution is 5.78. The Bertz CT molecular complexity index is 329. The first-order valence-corrected chi connectivity index (χ1v) is 8.07. The van der Waals surface area contributed by atoms with E-state index in [1.54, 1.807) is 6.92 Å². The first-order valence-electron chi connectivity index (χ1n) is 8.07. The Morgan fingerprint density at radius 3 is 2.57 bits per heavy atom. The minimum atomic E-state index is -0.894. The smallest absolute Gasteiger partial charge is 0.323 e. The highest BCUT2D eigenvalue weighted by Gasteiger charge is 2.36. The second-order valence-electron chi connectivity index (χ2n) is 6.92. The summed E-state index contributed by atoms with van der Waals surface area (Å²) < 4.78 is 5.77. The van der Waals surface area contributed by atoms with Crippen LogP contribution < -0.4 is 5.32 Å². The van der Waals surface area contributed by atoms with E-state index in [0.29, 0.717) is 12.5 Å². The molecule has 3 unspecified atom stereocenters. The molecule has 124 valence electrons. The fourth-order valence-electron chi connectivity index (χ4n) is 3.04. The molecule has 1 heterocycles. The first kappa shape index (κ1) is 18.4. The van der Waals surface area contributed by atoms with Gasteiger partial charge in [0.15, 0.2) is 0 Å². The van der Waals surface area contributed by atoms with E-state index in [1.807, 2.05) is 13.8 Å². The molecule has 0 aromatic heterocycles. The number of carboxylic acids is 1. The lowest BCUT2D eigenvalue weighted by Crippen LogP contribution is -2.55. The van der Waals surface area contributed by atoms with Crippen LogP contribution in [0.3, 0.4) is 0 Å². The van der Waals surface area contributed by atoms with Gasteiger partial charge in [0.05, 0.1) is 6.10 Å². The van der Waals surface area contributed by atoms with E-state index in [9.17, 15) is 9.90 Å². The van der Waals surface area contributed by atoms with Crippen molar-refractivity contribution in [2.24, 2.45) is 0 Å². The molecule has 3 atom stereocenters. The lowest BCUT2D eigenvalue weighted by molar-refractivity contribution is -0.145. The summed E-state index contributed by atoms with van der Waals surface area (Å²) in [6.07, 6.45) is 4.36. The van der Waals surface area contributed by atoms with Gasteiger partial charge in [0, 0.05) is 25.2 Å². The molecule has 0 aromatic rings. The van der Waals surface area contributed by atoms with Crippen LogP contribution in [0, 0.1) is 0 Å². The number of carboxylic acid groups (broad SMARTS) is 1. The average Bonchev–Trinajstić information content (AvgIpc) is 2.38. The molecule has 0 radical (unpaired) electrons. The number of nitrogens with zero attached hydrogens (tertiary/aromatic N) is 1. The molecule has 0 saturated carbocycles. The van der Waals surface area contributed by atoms with Gasteiger partial charge in [0.1, 0.15) is 5.54 Å². The number of ether oxygens (including phenoxy) is 1. The molecule has 1 rings (SSSR count). The highest BCUT2D eigenvalue weighted by Crippen LogP contribution is 2.19. The maximum atomic E-state index is 11.6. The molecule has 1 fully saturated rings. The van der Waals surface area contributed by atoms with Gasteiger partial charge in [-0.05, 0) is 60.4 Å². The zero-order valence-corrected chi connectivity index (χ0v) is 14.2. The van der Waals surface area contributed by atoms with Gasteiger partial charge in [-0.15, -0.1) is 0 Å². The number of aliphatic carboxylic acids is 1. The molecule has 2 N–H and O–H groups in total. The van der Waals surface area contributed by atoms with Crippen molar-refractivity contribution in [1.82, 2.24) is 10.2 Å². The Morgan fingerprint density at radius 1 is 1.43 bits per heavy atom. The van der Waals surface area contributed by atoms with E-state index in [0.717, 1.165) is 26.0 Å². The third-order valence-electron chi connectivity index (χ3n) is 4.30. The van der Waals surface area contributed by atoms with Crippen LogP contribution in [0.2, 0.25) is 0 Å². The van der Waals surface area contributed by atoms with E-state index in [4.69, 9.17) is 4.74 Å². The molecule has 0 aromatic carbocycles. The normalized spacial score (nSPS) is 24.0. The summed E-state index contributed by atoms with van der Waals surface area (Å²) in [5.74, 6) is -0.787. The van der Waals surface area contributed by atoms with Gasteiger partial charge in [0.2, 0.25) is 0 Å². The zero-order chi connectivity index (χ0) is 16.0. The summed E-state index contributed by atoms with van der Waals surface area (Å²) in [5.41, 5.74) is -0.894. The molecule has 0 bridgehead atoms. The van der Waals surface area contributed by atoms with Crippen LogP contribution in [0.25, 0.3) is 0 Å². The van der Waals surface area contributed by atoms with Gasteiger partial charge in [-0.1, -0.05) is 0 Å². The number of carbonyl (C=O) groups is 1. The van der Waals surface area contributed by atoms with Gasteiger partial charge in [-0.3, -0.25) is 10.1 Å². The van der Waals surface area contributed by atoms with Crippen LogP contribution in [0.4, 0.5) is 0 Å². The predicted octanol–water partition coefficient (Wildman–Crippen LogP) is 2.11. The van der Waals surface area contributed by atoms with Crippen LogP contribution in [0.1, 0.15) is 53.4 Å². The third kappa shape index (κ3) is 5.93. The van der Waals surface area contributed by atoms with Gasteiger partial charge in [-0.2, -0.15) is 0 Å². The predicted molar refractivity (Wildman–Crippen MR) is 84.6 cm³/mol. The van der Waals surface area contributed by atoms with E-state index >= 15 is 0 Å². The second-order valence-corrected chi connectivity index (χ2v) is 6.92. The summed E-state index contributed by atoms with van der Waals surface area (Å²) in [5, 5.41) is 12.7. The van der Waals surface area contributed by atoms with Gasteiger partial charge < -0.3 is 14.7 Å². The van der Waals surface area contributed by atoms with Crippen molar-refractivity contribution in [2.45, 2.75) is 77.1 Å². The summed E-state index contributed by atoms with van der Waals surface area (Å²) in [4.78, 5) is 13.8. The Morgan fingerprint density at radius 2 is 2.10 bits per heavy atom. The Hall–Kier alpha value is -0.650. The summed E-state index contributed by atoms with van der Waals surface area (Å²) in [6.45, 7) is 9.55. The molecule has 1 aliphatic heterocycles. The molecule has 5 nitrogen and oxygen atoms in total. The number of hydrogen-bond acceptors (Lipinski definition) is 4. The molecule has 5 heteroatoms. The maximum absolute atomic E-state index is 11.6. The Balaban J connectivity index is 2.55. The van der Waals surface area contributed by atoms with Crippen molar-refractivity contribution >= 4 is 5.97 Å². The molecular formula is C16H32N2O3. The molecular weight excluding hydrogens is 268 g/mol. The molecule has 1 aliphatic rings. The Kier molecular flexibility index (Phi) is 7.10. The topological polar surface area (TPSA) is 61.8 Å². The van der Waals surface area contributed by atoms with E-state index in [-0.39, 0.29) is 12.1 Å². The highest BCUT2D eigenvalue weighted by atomic mass is 16.5. The van der Waals surface area contributed by atoms with Gasteiger partial charge in [-0.25, -0.2) is 0 Å². The monoisotopic (exact) mass is 300 g/mol. The van der Waals surface area contributed by atoms with Crippen molar-refractivity contribution in [3.05, 3.63) is 0 Å². The number of hydrogen-bond donors (Lipinski definition) is 2. The number of rotatable bonds is 8. The van der Waals surface area contributed by atoms with Crippen LogP contribution in [0.5, 0.6) is 0 Å². The molecule has 0 spiro atoms. The van der Waals surface area contributed by atoms with Crippen LogP contribution in [-0.4, -0.2) is 59.9 Å². The molecule has 0 aliphatic carbocycles. The zero-order valence-electron chi connectivity index (χ0n) is 14.2. The van der Waals surface area contributed by atoms with E-state index in [2.05, 4.69) is 24.2 Å². The fourth-order valence-corrected chi connectivity index (χ4v) is 3.04. The van der Waals surface area contributed by atoms with Crippen LogP contribution >= 0.6 is 0 Å². The minimum absolute atomic E-state index is 0.144. The summed E-state index contributed by atoms with van der Waals surface area (Å²) in [6, 6.07) is 0.327. The van der Waals surface area contributed by atoms with Gasteiger partial charge in [0.25, 0.3) is 0 Å². The maximum Gasteiger partial charge on any atom is 0.323 e. The third-order valence-corrected chi connectivity index (χ3v) is 4.30. The van der Waals surface area contributed by atoms with Crippen molar-refractivity contribution in [3.8, 4) is 0 Å². The van der Waals surface area contributed by atoms with Crippen molar-refractivity contribution in [3.63, 3.8) is 0 Å². The molecule has 1 saturated heterocycles. The largest absolute Gasteiger partial charge is 0.480 e. The van der Waals surface area contributed by atoms with Gasteiger partial charge >= 0.3 is 5.97 Å². The molecule has 0 amide bonds. The summed E-state index contributed by atoms with van der Waals surface area (Å²) in [7, 11) is 2.06. The fraction of sp³-hybridized carbons (Fsp3) is 0.938. The van der Waals surface area contributed by atoms with Crippen LogP contribution in [-0.2, 0) is 9.53 Å². The standard InChI is InChI=1S/C16H32N2O3/c1-12(2)17-16(4,15(19)20)10-13(3)18(5)11-14-8-6-7-9-21-14/h12-14,17H,6-11H2,1-5H3,(H,19,20). The number of nitrogens with one attached hydrogen (secondary N) is 1. The van der Waals surface area contributed by atoms with Crippen molar-refractivity contribution in [1.29, 1.82) is 0 Å². The van der Waals surface area contributed by atoms with Crippen molar-refractivity contribution < 1.29 is 14.6 Å². The SMILES string of the molecule is CC(C)NC(C)(CC(C)N(C)CC1CCCCO1)C(=O)O. The lowest BCUT2D eigenvalue weighted by Gasteiger charge is -2.36. The van der Waals surface area contributed by atoms with Crippen LogP contribution in [0.15, 0.2) is 0 Å². The minimum Gasteiger partial charge on any atom is -0.480 e. The number of likely N-dealkylation sites (N-methyl/N-ethyl adjacent to an activating group) is 1. The van der Waals surface area contributed by atoms with Crippen molar-refractivity contribution in [2.75, 3.05) is 20.2 Å². The second kappa shape index (κ2) is 8.11. The lowest BCUT2D eigenvalue weighted by atomic mass is 9.92. The van der Waals surface area contributed by atoms with E-state index in [1.165, 1.54) is 6.42 Å².